The number of hydrogen-bond donors (Lipinski definition) is 5. The molecule has 5 unspecified atom stereocenters. The van der Waals surface area contributed by atoms with Crippen molar-refractivity contribution in [2.75, 3.05) is 5.32 Å². The highest BCUT2D eigenvalue weighted by Crippen LogP contribution is 2.33. The van der Waals surface area contributed by atoms with Crippen LogP contribution in [0.5, 0.6) is 0 Å². The summed E-state index contributed by atoms with van der Waals surface area (Å²) in [6.07, 6.45) is -2.75. The first-order chi connectivity index (χ1) is 8.59. The Hall–Kier alpha value is -1.52. The number of rotatable bonds is 1. The molecule has 0 aliphatic carbocycles. The zero-order chi connectivity index (χ0) is 12.9. The lowest BCUT2D eigenvalue weighted by Crippen LogP contribution is -2.31. The van der Waals surface area contributed by atoms with E-state index in [1.807, 2.05) is 0 Å². The topological polar surface area (TPSA) is 138 Å². The molecular formula is C9H13N5O4. The quantitative estimate of drug-likeness (QED) is 0.386. The molecule has 2 aliphatic heterocycles. The second-order valence-corrected chi connectivity index (χ2v) is 4.15. The van der Waals surface area contributed by atoms with E-state index in [1.54, 1.807) is 0 Å². The molecule has 98 valence electrons. The number of hydrogen-bond acceptors (Lipinski definition) is 8. The van der Waals surface area contributed by atoms with Crippen molar-refractivity contribution in [3.8, 4) is 0 Å². The van der Waals surface area contributed by atoms with Gasteiger partial charge in [0.2, 0.25) is 0 Å². The summed E-state index contributed by atoms with van der Waals surface area (Å²) in [5, 5.41) is 31.5. The predicted octanol–water partition coefficient (Wildman–Crippen LogP) is -2.14. The van der Waals surface area contributed by atoms with Crippen LogP contribution in [-0.4, -0.2) is 49.7 Å². The number of aromatic nitrogens is 2. The second-order valence-electron chi connectivity index (χ2n) is 4.15. The monoisotopic (exact) mass is 255 g/mol. The summed E-state index contributed by atoms with van der Waals surface area (Å²) in [7, 11) is 0. The minimum Gasteiger partial charge on any atom is -0.385 e. The Balaban J connectivity index is 1.95. The number of aliphatic hydroxyl groups excluding tert-OH is 3. The third kappa shape index (κ3) is 1.53. The lowest BCUT2D eigenvalue weighted by molar-refractivity contribution is -0.141. The van der Waals surface area contributed by atoms with Crippen LogP contribution < -0.4 is 11.1 Å². The van der Waals surface area contributed by atoms with Crippen molar-refractivity contribution in [3.05, 3.63) is 12.0 Å². The average Bonchev–Trinajstić information content (AvgIpc) is 2.88. The molecule has 3 rings (SSSR count). The molecule has 0 amide bonds. The van der Waals surface area contributed by atoms with Crippen LogP contribution in [0.3, 0.4) is 0 Å². The lowest BCUT2D eigenvalue weighted by atomic mass is 10.2. The summed E-state index contributed by atoms with van der Waals surface area (Å²) in [6.45, 7) is 0. The maximum absolute atomic E-state index is 9.79. The number of aliphatic imine (C=N–C) groups is 1. The summed E-state index contributed by atoms with van der Waals surface area (Å²) in [5.74, 6) is 0.517. The zero-order valence-electron chi connectivity index (χ0n) is 9.21. The Morgan fingerprint density at radius 3 is 2.78 bits per heavy atom. The molecular weight excluding hydrogens is 242 g/mol. The molecule has 0 bridgehead atoms. The van der Waals surface area contributed by atoms with Gasteiger partial charge in [0.05, 0.1) is 12.7 Å². The highest BCUT2D eigenvalue weighted by Gasteiger charge is 2.44. The molecule has 9 heteroatoms. The van der Waals surface area contributed by atoms with Crippen LogP contribution in [0.25, 0.3) is 0 Å². The molecule has 9 nitrogen and oxygen atoms in total. The lowest BCUT2D eigenvalue weighted by Gasteiger charge is -2.20. The summed E-state index contributed by atoms with van der Waals surface area (Å²) in [4.78, 5) is 8.00. The molecule has 1 aromatic rings. The van der Waals surface area contributed by atoms with Crippen LogP contribution >= 0.6 is 0 Å². The van der Waals surface area contributed by atoms with E-state index in [0.717, 1.165) is 0 Å². The van der Waals surface area contributed by atoms with Crippen molar-refractivity contribution in [1.29, 1.82) is 0 Å². The van der Waals surface area contributed by atoms with Gasteiger partial charge in [-0.15, -0.1) is 0 Å². The maximum atomic E-state index is 9.79. The van der Waals surface area contributed by atoms with Gasteiger partial charge in [-0.3, -0.25) is 9.56 Å². The normalized spacial score (nSPS) is 38.6. The Labute approximate surface area is 102 Å². The van der Waals surface area contributed by atoms with Gasteiger partial charge in [-0.05, 0) is 0 Å². The first-order valence-electron chi connectivity index (χ1n) is 5.39. The molecule has 1 aromatic heterocycles. The van der Waals surface area contributed by atoms with Gasteiger partial charge >= 0.3 is 0 Å². The zero-order valence-corrected chi connectivity index (χ0v) is 9.21. The fourth-order valence-corrected chi connectivity index (χ4v) is 2.05. The van der Waals surface area contributed by atoms with E-state index in [-0.39, 0.29) is 0 Å². The minimum absolute atomic E-state index is 0.504. The van der Waals surface area contributed by atoms with E-state index in [4.69, 9.17) is 10.5 Å². The van der Waals surface area contributed by atoms with E-state index < -0.39 is 30.9 Å². The van der Waals surface area contributed by atoms with Crippen molar-refractivity contribution in [3.63, 3.8) is 0 Å². The maximum Gasteiger partial charge on any atom is 0.186 e. The van der Waals surface area contributed by atoms with Gasteiger partial charge < -0.3 is 31.1 Å². The molecule has 6 N–H and O–H groups in total. The number of nitrogens with zero attached hydrogens (tertiary/aromatic N) is 3. The Morgan fingerprint density at radius 2 is 2.11 bits per heavy atom. The fraction of sp³-hybridized carbons (Fsp3) is 0.556. The molecule has 2 aliphatic rings. The van der Waals surface area contributed by atoms with Gasteiger partial charge in [-0.25, -0.2) is 4.98 Å². The standard InChI is InChI=1S/C9H13N5O4/c10-6-3-7(12-1-11-6)14(2-13-3)8-4(15)5(16)9(17)18-8/h1-2,4-6,8-9,15-17H,10H2,(H,11,12). The van der Waals surface area contributed by atoms with Crippen molar-refractivity contribution in [2.45, 2.75) is 30.9 Å². The van der Waals surface area contributed by atoms with Gasteiger partial charge in [-0.2, -0.15) is 0 Å². The number of imidazole rings is 1. The molecule has 0 radical (unpaired) electrons. The van der Waals surface area contributed by atoms with E-state index in [0.29, 0.717) is 11.5 Å². The van der Waals surface area contributed by atoms with Crippen LogP contribution in [0.2, 0.25) is 0 Å². The highest BCUT2D eigenvalue weighted by molar-refractivity contribution is 5.77. The summed E-state index contributed by atoms with van der Waals surface area (Å²) >= 11 is 0. The number of anilines is 1. The van der Waals surface area contributed by atoms with Crippen LogP contribution in [0.1, 0.15) is 18.1 Å². The van der Waals surface area contributed by atoms with E-state index in [1.165, 1.54) is 17.2 Å². The van der Waals surface area contributed by atoms with Crippen molar-refractivity contribution in [1.82, 2.24) is 9.55 Å². The Bertz CT molecular complexity index is 489. The van der Waals surface area contributed by atoms with Crippen LogP contribution in [0.15, 0.2) is 11.3 Å². The summed E-state index contributed by atoms with van der Waals surface area (Å²) in [6, 6.07) is 0. The third-order valence-corrected chi connectivity index (χ3v) is 3.03. The van der Waals surface area contributed by atoms with Gasteiger partial charge in [0.25, 0.3) is 0 Å². The second kappa shape index (κ2) is 4.00. The molecule has 0 saturated carbocycles. The van der Waals surface area contributed by atoms with E-state index in [2.05, 4.69) is 15.3 Å². The molecule has 1 saturated heterocycles. The SMILES string of the molecule is NC1N=CNc2c1ncn2C1OC(O)C(O)C1O. The van der Waals surface area contributed by atoms with Gasteiger partial charge in [0.1, 0.15) is 29.9 Å². The van der Waals surface area contributed by atoms with Crippen molar-refractivity contribution < 1.29 is 20.1 Å². The third-order valence-electron chi connectivity index (χ3n) is 3.03. The van der Waals surface area contributed by atoms with E-state index in [9.17, 15) is 15.3 Å². The number of aliphatic hydroxyl groups is 3. The molecule has 18 heavy (non-hydrogen) atoms. The smallest absolute Gasteiger partial charge is 0.186 e. The van der Waals surface area contributed by atoms with Crippen LogP contribution in [-0.2, 0) is 4.74 Å². The van der Waals surface area contributed by atoms with Gasteiger partial charge in [0.15, 0.2) is 12.5 Å². The number of nitrogens with two attached hydrogens (primary N) is 1. The molecule has 3 heterocycles. The predicted molar refractivity (Wildman–Crippen MR) is 59.4 cm³/mol. The molecule has 1 fully saturated rings. The first-order valence-corrected chi connectivity index (χ1v) is 5.39. The van der Waals surface area contributed by atoms with Crippen LogP contribution in [0.4, 0.5) is 5.82 Å². The van der Waals surface area contributed by atoms with Crippen molar-refractivity contribution in [2.24, 2.45) is 10.7 Å². The summed E-state index contributed by atoms with van der Waals surface area (Å²) < 4.78 is 6.55. The summed E-state index contributed by atoms with van der Waals surface area (Å²) in [5.41, 5.74) is 6.24. The van der Waals surface area contributed by atoms with E-state index >= 15 is 0 Å². The molecule has 5 atom stereocenters. The average molecular weight is 255 g/mol. The Morgan fingerprint density at radius 1 is 1.33 bits per heavy atom. The van der Waals surface area contributed by atoms with Gasteiger partial charge in [0, 0.05) is 0 Å². The fourth-order valence-electron chi connectivity index (χ4n) is 2.05. The van der Waals surface area contributed by atoms with Crippen LogP contribution in [0, 0.1) is 0 Å². The number of fused-ring (bicyclic) bond motifs is 1. The van der Waals surface area contributed by atoms with Gasteiger partial charge in [-0.1, -0.05) is 0 Å². The number of ether oxygens (including phenoxy) is 1. The number of nitrogens with one attached hydrogen (secondary N) is 1. The minimum atomic E-state index is -1.44. The Kier molecular flexibility index (Phi) is 2.57. The molecule has 0 aromatic carbocycles. The highest BCUT2D eigenvalue weighted by atomic mass is 16.7. The molecule has 0 spiro atoms. The first kappa shape index (κ1) is 11.6. The largest absolute Gasteiger partial charge is 0.385 e. The van der Waals surface area contributed by atoms with Crippen molar-refractivity contribution >= 4 is 12.2 Å².